The van der Waals surface area contributed by atoms with Crippen LogP contribution in [0.5, 0.6) is 0 Å². The highest BCUT2D eigenvalue weighted by atomic mass is 19.1. The highest BCUT2D eigenvalue weighted by Gasteiger charge is 2.31. The zero-order valence-corrected chi connectivity index (χ0v) is 16.5. The number of carbonyl (C=O) groups excluding carboxylic acids is 1. The maximum absolute atomic E-state index is 14.8. The molecule has 1 saturated heterocycles. The molecule has 2 heterocycles. The van der Waals surface area contributed by atoms with Crippen LogP contribution in [0.3, 0.4) is 0 Å². The van der Waals surface area contributed by atoms with E-state index in [2.05, 4.69) is 39.5 Å². The third-order valence-corrected chi connectivity index (χ3v) is 5.39. The molecule has 4 rings (SSSR count). The standard InChI is InChI=1S/C21H23FN6O/c1-3-16-14-26(17-7-5-4-6-8-17)11-12-27(16)21(29)19-10-9-18(13-20(19)22)28-15(2)23-24-25-28/h4-10,13,16H,3,11-12,14H2,1-2H3. The van der Waals surface area contributed by atoms with E-state index >= 15 is 0 Å². The lowest BCUT2D eigenvalue weighted by Crippen LogP contribution is -2.55. The van der Waals surface area contributed by atoms with Gasteiger partial charge in [-0.1, -0.05) is 25.1 Å². The van der Waals surface area contributed by atoms with Gasteiger partial charge in [-0.15, -0.1) is 5.10 Å². The molecular formula is C21H23FN6O. The summed E-state index contributed by atoms with van der Waals surface area (Å²) >= 11 is 0. The van der Waals surface area contributed by atoms with Crippen molar-refractivity contribution in [2.24, 2.45) is 0 Å². The molecule has 1 aromatic heterocycles. The van der Waals surface area contributed by atoms with Gasteiger partial charge >= 0.3 is 0 Å². The highest BCUT2D eigenvalue weighted by molar-refractivity contribution is 5.95. The van der Waals surface area contributed by atoms with E-state index in [1.165, 1.54) is 16.8 Å². The Balaban J connectivity index is 1.54. The van der Waals surface area contributed by atoms with Gasteiger partial charge in [0.05, 0.1) is 11.3 Å². The molecule has 2 aromatic carbocycles. The second kappa shape index (κ2) is 7.98. The Hall–Kier alpha value is -3.29. The summed E-state index contributed by atoms with van der Waals surface area (Å²) < 4.78 is 16.2. The molecule has 1 amide bonds. The van der Waals surface area contributed by atoms with E-state index in [0.29, 0.717) is 18.1 Å². The summed E-state index contributed by atoms with van der Waals surface area (Å²) in [5.41, 5.74) is 1.71. The lowest BCUT2D eigenvalue weighted by atomic mass is 10.1. The first-order chi connectivity index (χ1) is 14.1. The monoisotopic (exact) mass is 394 g/mol. The Bertz CT molecular complexity index is 1010. The predicted octanol–water partition coefficient (Wildman–Crippen LogP) is 2.85. The normalized spacial score (nSPS) is 16.9. The van der Waals surface area contributed by atoms with Crippen molar-refractivity contribution in [3.8, 4) is 5.69 Å². The lowest BCUT2D eigenvalue weighted by Gasteiger charge is -2.42. The van der Waals surface area contributed by atoms with Gasteiger partial charge < -0.3 is 9.80 Å². The number of benzene rings is 2. The van der Waals surface area contributed by atoms with E-state index in [-0.39, 0.29) is 17.5 Å². The van der Waals surface area contributed by atoms with Crippen molar-refractivity contribution >= 4 is 11.6 Å². The molecule has 8 heteroatoms. The van der Waals surface area contributed by atoms with E-state index in [1.807, 2.05) is 18.2 Å². The molecule has 1 aliphatic rings. The number of hydrogen-bond donors (Lipinski definition) is 0. The number of aromatic nitrogens is 4. The van der Waals surface area contributed by atoms with Crippen LogP contribution in [0.2, 0.25) is 0 Å². The topological polar surface area (TPSA) is 67.2 Å². The molecular weight excluding hydrogens is 371 g/mol. The molecule has 1 unspecified atom stereocenters. The fourth-order valence-electron chi connectivity index (χ4n) is 3.78. The molecule has 1 fully saturated rings. The van der Waals surface area contributed by atoms with E-state index in [4.69, 9.17) is 0 Å². The highest BCUT2D eigenvalue weighted by Crippen LogP contribution is 2.23. The predicted molar refractivity (Wildman–Crippen MR) is 108 cm³/mol. The summed E-state index contributed by atoms with van der Waals surface area (Å²) in [6.07, 6.45) is 0.804. The number of anilines is 1. The fourth-order valence-corrected chi connectivity index (χ4v) is 3.78. The summed E-state index contributed by atoms with van der Waals surface area (Å²) in [6, 6.07) is 14.7. The Kier molecular flexibility index (Phi) is 5.24. The number of aryl methyl sites for hydroxylation is 1. The number of carbonyl (C=O) groups is 1. The van der Waals surface area contributed by atoms with Crippen molar-refractivity contribution in [1.82, 2.24) is 25.1 Å². The summed E-state index contributed by atoms with van der Waals surface area (Å²) in [5, 5.41) is 11.2. The smallest absolute Gasteiger partial charge is 0.257 e. The van der Waals surface area contributed by atoms with Gasteiger partial charge in [-0.05, 0) is 48.0 Å². The number of halogens is 1. The molecule has 150 valence electrons. The van der Waals surface area contributed by atoms with Gasteiger partial charge in [0, 0.05) is 37.4 Å². The van der Waals surface area contributed by atoms with Gasteiger partial charge in [0.1, 0.15) is 5.82 Å². The van der Waals surface area contributed by atoms with Gasteiger partial charge in [0.2, 0.25) is 0 Å². The molecule has 7 nitrogen and oxygen atoms in total. The van der Waals surface area contributed by atoms with Gasteiger partial charge in [-0.25, -0.2) is 4.39 Å². The van der Waals surface area contributed by atoms with Crippen LogP contribution in [0, 0.1) is 12.7 Å². The molecule has 0 N–H and O–H groups in total. The maximum atomic E-state index is 14.8. The Labute approximate surface area is 168 Å². The van der Waals surface area contributed by atoms with Gasteiger partial charge in [-0.2, -0.15) is 4.68 Å². The first kappa shape index (κ1) is 19.0. The van der Waals surface area contributed by atoms with Crippen molar-refractivity contribution in [3.05, 3.63) is 65.7 Å². The molecule has 0 aliphatic carbocycles. The number of amides is 1. The summed E-state index contributed by atoms with van der Waals surface area (Å²) in [4.78, 5) is 17.2. The van der Waals surface area contributed by atoms with Crippen LogP contribution >= 0.6 is 0 Å². The molecule has 29 heavy (non-hydrogen) atoms. The van der Waals surface area contributed by atoms with Crippen LogP contribution < -0.4 is 4.90 Å². The van der Waals surface area contributed by atoms with Crippen LogP contribution in [0.4, 0.5) is 10.1 Å². The molecule has 0 bridgehead atoms. The molecule has 0 spiro atoms. The molecule has 0 radical (unpaired) electrons. The van der Waals surface area contributed by atoms with Crippen molar-refractivity contribution < 1.29 is 9.18 Å². The van der Waals surface area contributed by atoms with Crippen LogP contribution in [0.25, 0.3) is 5.69 Å². The van der Waals surface area contributed by atoms with Crippen LogP contribution in [0.1, 0.15) is 29.5 Å². The van der Waals surface area contributed by atoms with Gasteiger partial charge in [0.15, 0.2) is 5.82 Å². The van der Waals surface area contributed by atoms with E-state index in [1.54, 1.807) is 17.9 Å². The SMILES string of the molecule is CCC1CN(c2ccccc2)CCN1C(=O)c1ccc(-n2nnnc2C)cc1F. The van der Waals surface area contributed by atoms with Crippen LogP contribution in [-0.2, 0) is 0 Å². The molecule has 1 aliphatic heterocycles. The summed E-state index contributed by atoms with van der Waals surface area (Å²) in [5.74, 6) is -0.295. The van der Waals surface area contributed by atoms with Crippen molar-refractivity contribution in [2.45, 2.75) is 26.3 Å². The second-order valence-corrected chi connectivity index (χ2v) is 7.14. The number of nitrogens with zero attached hydrogens (tertiary/aromatic N) is 6. The minimum absolute atomic E-state index is 0.0253. The minimum atomic E-state index is -0.567. The van der Waals surface area contributed by atoms with Crippen molar-refractivity contribution in [2.75, 3.05) is 24.5 Å². The number of tetrazole rings is 1. The Morgan fingerprint density at radius 2 is 1.93 bits per heavy atom. The van der Waals surface area contributed by atoms with Crippen molar-refractivity contribution in [1.29, 1.82) is 0 Å². The summed E-state index contributed by atoms with van der Waals surface area (Å²) in [6.45, 7) is 5.79. The molecule has 3 aromatic rings. The Morgan fingerprint density at radius 3 is 2.59 bits per heavy atom. The van der Waals surface area contributed by atoms with E-state index in [9.17, 15) is 9.18 Å². The first-order valence-corrected chi connectivity index (χ1v) is 9.74. The van der Waals surface area contributed by atoms with E-state index in [0.717, 1.165) is 25.2 Å². The minimum Gasteiger partial charge on any atom is -0.368 e. The number of para-hydroxylation sites is 1. The quantitative estimate of drug-likeness (QED) is 0.681. The Morgan fingerprint density at radius 1 is 1.14 bits per heavy atom. The number of piperazine rings is 1. The zero-order valence-electron chi connectivity index (χ0n) is 16.5. The second-order valence-electron chi connectivity index (χ2n) is 7.14. The van der Waals surface area contributed by atoms with Crippen LogP contribution in [0.15, 0.2) is 48.5 Å². The van der Waals surface area contributed by atoms with Crippen molar-refractivity contribution in [3.63, 3.8) is 0 Å². The lowest BCUT2D eigenvalue weighted by molar-refractivity contribution is 0.0647. The van der Waals surface area contributed by atoms with Gasteiger partial charge in [0.25, 0.3) is 5.91 Å². The van der Waals surface area contributed by atoms with Crippen LogP contribution in [-0.4, -0.2) is 56.7 Å². The number of hydrogen-bond acceptors (Lipinski definition) is 5. The zero-order chi connectivity index (χ0) is 20.4. The average molecular weight is 394 g/mol. The van der Waals surface area contributed by atoms with Gasteiger partial charge in [-0.3, -0.25) is 4.79 Å². The largest absolute Gasteiger partial charge is 0.368 e. The van der Waals surface area contributed by atoms with E-state index < -0.39 is 5.82 Å². The number of rotatable bonds is 4. The first-order valence-electron chi connectivity index (χ1n) is 9.74. The molecule has 1 atom stereocenters. The molecule has 0 saturated carbocycles. The third-order valence-electron chi connectivity index (χ3n) is 5.39. The maximum Gasteiger partial charge on any atom is 0.257 e. The third kappa shape index (κ3) is 3.70. The average Bonchev–Trinajstić information content (AvgIpc) is 3.19. The summed E-state index contributed by atoms with van der Waals surface area (Å²) in [7, 11) is 0. The fraction of sp³-hybridized carbons (Fsp3) is 0.333.